The third-order valence-corrected chi connectivity index (χ3v) is 5.48. The Morgan fingerprint density at radius 2 is 2.00 bits per heavy atom. The predicted molar refractivity (Wildman–Crippen MR) is 114 cm³/mol. The molecule has 0 aliphatic heterocycles. The Kier molecular flexibility index (Phi) is 8.65. The zero-order chi connectivity index (χ0) is 21.3. The molecule has 1 amide bonds. The summed E-state index contributed by atoms with van der Waals surface area (Å²) in [5.41, 5.74) is 0.491. The van der Waals surface area contributed by atoms with Crippen LogP contribution in [0.25, 0.3) is 0 Å². The fourth-order valence-corrected chi connectivity index (χ4v) is 3.47. The zero-order valence-corrected chi connectivity index (χ0v) is 18.0. The lowest BCUT2D eigenvalue weighted by atomic mass is 9.66. The molecular formula is C24H33NO4. The second-order valence-corrected chi connectivity index (χ2v) is 7.85. The van der Waals surface area contributed by atoms with Crippen molar-refractivity contribution in [3.8, 4) is 0 Å². The molecule has 0 saturated heterocycles. The molecule has 0 aromatic heterocycles. The van der Waals surface area contributed by atoms with Crippen LogP contribution in [0.4, 0.5) is 0 Å². The highest BCUT2D eigenvalue weighted by Crippen LogP contribution is 2.41. The Balaban J connectivity index is 2.06. The third kappa shape index (κ3) is 6.57. The van der Waals surface area contributed by atoms with Crippen LogP contribution in [0.1, 0.15) is 38.7 Å². The largest absolute Gasteiger partial charge is 0.498 e. The summed E-state index contributed by atoms with van der Waals surface area (Å²) in [7, 11) is 3.48. The van der Waals surface area contributed by atoms with Gasteiger partial charge in [0.25, 0.3) is 0 Å². The Morgan fingerprint density at radius 3 is 2.62 bits per heavy atom. The fourth-order valence-electron chi connectivity index (χ4n) is 3.47. The standard InChI is InChI=1S/C24H33NO4/c1-5-29-21-13-14-24(2,22(26)17-21)20(16-23(27)25(3)4)12-9-15-28-18-19-10-7-6-8-11-19/h6-12,17,20H,5,13-16,18H2,1-4H3/b12-9+/t20-,24+/m1/s1. The summed E-state index contributed by atoms with van der Waals surface area (Å²) in [6.45, 7) is 5.39. The molecule has 0 N–H and O–H groups in total. The van der Waals surface area contributed by atoms with Gasteiger partial charge in [0.15, 0.2) is 5.78 Å². The second kappa shape index (κ2) is 11.0. The molecule has 5 nitrogen and oxygen atoms in total. The number of nitrogens with zero attached hydrogens (tertiary/aromatic N) is 1. The topological polar surface area (TPSA) is 55.8 Å². The molecule has 0 radical (unpaired) electrons. The number of hydrogen-bond donors (Lipinski definition) is 0. The van der Waals surface area contributed by atoms with Crippen LogP contribution < -0.4 is 0 Å². The van der Waals surface area contributed by atoms with Gasteiger partial charge in [-0.15, -0.1) is 0 Å². The first kappa shape index (κ1) is 22.9. The van der Waals surface area contributed by atoms with Crippen LogP contribution in [0.3, 0.4) is 0 Å². The maximum atomic E-state index is 12.9. The van der Waals surface area contributed by atoms with Gasteiger partial charge in [-0.05, 0) is 24.8 Å². The Bertz CT molecular complexity index is 739. The van der Waals surface area contributed by atoms with Crippen molar-refractivity contribution in [2.24, 2.45) is 11.3 Å². The average molecular weight is 400 g/mol. The highest BCUT2D eigenvalue weighted by molar-refractivity contribution is 5.96. The summed E-state index contributed by atoms with van der Waals surface area (Å²) in [4.78, 5) is 26.9. The van der Waals surface area contributed by atoms with E-state index >= 15 is 0 Å². The van der Waals surface area contributed by atoms with E-state index in [0.717, 1.165) is 11.3 Å². The van der Waals surface area contributed by atoms with Gasteiger partial charge in [0.2, 0.25) is 5.91 Å². The Hall–Kier alpha value is -2.40. The first-order valence-electron chi connectivity index (χ1n) is 10.2. The number of hydrogen-bond acceptors (Lipinski definition) is 4. The normalized spacial score (nSPS) is 20.4. The van der Waals surface area contributed by atoms with E-state index in [4.69, 9.17) is 9.47 Å². The highest BCUT2D eigenvalue weighted by atomic mass is 16.5. The monoisotopic (exact) mass is 399 g/mol. The minimum absolute atomic E-state index is 0.0125. The average Bonchev–Trinajstić information content (AvgIpc) is 2.70. The van der Waals surface area contributed by atoms with Gasteiger partial charge in [0.1, 0.15) is 0 Å². The van der Waals surface area contributed by atoms with Crippen LogP contribution in [-0.2, 0) is 25.7 Å². The van der Waals surface area contributed by atoms with Crippen LogP contribution in [-0.4, -0.2) is 43.9 Å². The van der Waals surface area contributed by atoms with Gasteiger partial charge in [-0.1, -0.05) is 49.4 Å². The second-order valence-electron chi connectivity index (χ2n) is 7.85. The van der Waals surface area contributed by atoms with Gasteiger partial charge >= 0.3 is 0 Å². The molecule has 2 atom stereocenters. The molecule has 0 saturated carbocycles. The van der Waals surface area contributed by atoms with Crippen molar-refractivity contribution in [3.63, 3.8) is 0 Å². The van der Waals surface area contributed by atoms with Crippen molar-refractivity contribution in [3.05, 3.63) is 59.9 Å². The van der Waals surface area contributed by atoms with E-state index in [2.05, 4.69) is 0 Å². The minimum Gasteiger partial charge on any atom is -0.498 e. The molecule has 0 bridgehead atoms. The van der Waals surface area contributed by atoms with E-state index in [1.807, 2.05) is 56.3 Å². The molecule has 1 aromatic carbocycles. The molecule has 0 spiro atoms. The van der Waals surface area contributed by atoms with Crippen LogP contribution in [0.15, 0.2) is 54.3 Å². The maximum Gasteiger partial charge on any atom is 0.222 e. The van der Waals surface area contributed by atoms with Gasteiger partial charge in [-0.2, -0.15) is 0 Å². The Morgan fingerprint density at radius 1 is 1.28 bits per heavy atom. The van der Waals surface area contributed by atoms with E-state index in [0.29, 0.717) is 39.1 Å². The first-order valence-corrected chi connectivity index (χ1v) is 10.2. The molecule has 5 heteroatoms. The van der Waals surface area contributed by atoms with Gasteiger partial charge in [-0.3, -0.25) is 9.59 Å². The van der Waals surface area contributed by atoms with Gasteiger partial charge in [0, 0.05) is 38.4 Å². The summed E-state index contributed by atoms with van der Waals surface area (Å²) in [5, 5.41) is 0. The van der Waals surface area contributed by atoms with Crippen molar-refractivity contribution < 1.29 is 19.1 Å². The van der Waals surface area contributed by atoms with Crippen LogP contribution in [0, 0.1) is 11.3 Å². The van der Waals surface area contributed by atoms with Crippen molar-refractivity contribution in [1.29, 1.82) is 0 Å². The molecule has 29 heavy (non-hydrogen) atoms. The van der Waals surface area contributed by atoms with E-state index < -0.39 is 5.41 Å². The van der Waals surface area contributed by atoms with E-state index in [9.17, 15) is 9.59 Å². The molecule has 158 valence electrons. The summed E-state index contributed by atoms with van der Waals surface area (Å²) in [6.07, 6.45) is 7.18. The lowest BCUT2D eigenvalue weighted by molar-refractivity contribution is -0.132. The van der Waals surface area contributed by atoms with Crippen molar-refractivity contribution in [1.82, 2.24) is 4.90 Å². The number of allylic oxidation sites excluding steroid dienone is 3. The molecule has 1 aliphatic carbocycles. The lowest BCUT2D eigenvalue weighted by Gasteiger charge is -2.37. The molecule has 2 rings (SSSR count). The molecule has 0 unspecified atom stereocenters. The number of rotatable bonds is 10. The van der Waals surface area contributed by atoms with Crippen LogP contribution in [0.2, 0.25) is 0 Å². The molecule has 1 aliphatic rings. The summed E-state index contributed by atoms with van der Waals surface area (Å²) in [5.74, 6) is 0.588. The first-order chi connectivity index (χ1) is 13.9. The van der Waals surface area contributed by atoms with Gasteiger partial charge in [0.05, 0.1) is 25.6 Å². The van der Waals surface area contributed by atoms with Crippen molar-refractivity contribution in [2.75, 3.05) is 27.3 Å². The molecular weight excluding hydrogens is 366 g/mol. The zero-order valence-electron chi connectivity index (χ0n) is 18.0. The lowest BCUT2D eigenvalue weighted by Crippen LogP contribution is -2.39. The summed E-state index contributed by atoms with van der Waals surface area (Å²) >= 11 is 0. The SMILES string of the molecule is CCOC1=CC(=O)[C@](C)([C@H](/C=C/COCc2ccccc2)CC(=O)N(C)C)CC1. The Labute approximate surface area is 174 Å². The van der Waals surface area contributed by atoms with Crippen LogP contribution in [0.5, 0.6) is 0 Å². The number of carbonyl (C=O) groups excluding carboxylic acids is 2. The molecule has 0 heterocycles. The fraction of sp³-hybridized carbons (Fsp3) is 0.500. The smallest absolute Gasteiger partial charge is 0.222 e. The summed E-state index contributed by atoms with van der Waals surface area (Å²) in [6, 6.07) is 9.98. The number of ether oxygens (including phenoxy) is 2. The van der Waals surface area contributed by atoms with Crippen molar-refractivity contribution >= 4 is 11.7 Å². The van der Waals surface area contributed by atoms with Gasteiger partial charge < -0.3 is 14.4 Å². The van der Waals surface area contributed by atoms with Gasteiger partial charge in [-0.25, -0.2) is 0 Å². The minimum atomic E-state index is -0.623. The maximum absolute atomic E-state index is 12.9. The van der Waals surface area contributed by atoms with E-state index in [1.165, 1.54) is 0 Å². The quantitative estimate of drug-likeness (QED) is 0.438. The molecule has 0 fully saturated rings. The molecule has 1 aromatic rings. The summed E-state index contributed by atoms with van der Waals surface area (Å²) < 4.78 is 11.2. The van der Waals surface area contributed by atoms with Crippen LogP contribution >= 0.6 is 0 Å². The number of ketones is 1. The van der Waals surface area contributed by atoms with E-state index in [1.54, 1.807) is 25.1 Å². The number of benzene rings is 1. The third-order valence-electron chi connectivity index (χ3n) is 5.48. The predicted octanol–water partition coefficient (Wildman–Crippen LogP) is 4.14. The number of carbonyl (C=O) groups is 2. The van der Waals surface area contributed by atoms with Crippen molar-refractivity contribution in [2.45, 2.75) is 39.7 Å². The highest BCUT2D eigenvalue weighted by Gasteiger charge is 2.42. The number of amides is 1. The van der Waals surface area contributed by atoms with E-state index in [-0.39, 0.29) is 17.6 Å².